The average Bonchev–Trinajstić information content (AvgIpc) is 2.59. The second kappa shape index (κ2) is 9.58. The number of hydrogen-bond donors (Lipinski definition) is 1. The maximum Gasteiger partial charge on any atom is 0.253 e. The smallest absolute Gasteiger partial charge is 0.253 e. The number of carbonyl (C=O) groups excluding carboxylic acids is 2. The van der Waals surface area contributed by atoms with Gasteiger partial charge in [-0.3, -0.25) is 9.59 Å². The van der Waals surface area contributed by atoms with Gasteiger partial charge in [0.2, 0.25) is 5.91 Å². The molecule has 2 amide bonds. The highest BCUT2D eigenvalue weighted by Crippen LogP contribution is 2.22. The van der Waals surface area contributed by atoms with Crippen LogP contribution in [0.15, 0.2) is 18.2 Å². The van der Waals surface area contributed by atoms with Gasteiger partial charge in [0.25, 0.3) is 5.91 Å². The summed E-state index contributed by atoms with van der Waals surface area (Å²) in [4.78, 5) is 27.4. The van der Waals surface area contributed by atoms with Gasteiger partial charge in [-0.15, -0.1) is 0 Å². The Balaban J connectivity index is 2.04. The second-order valence-electron chi connectivity index (χ2n) is 7.04. The van der Waals surface area contributed by atoms with E-state index in [9.17, 15) is 9.59 Å². The molecule has 5 nitrogen and oxygen atoms in total. The topological polar surface area (TPSA) is 58.6 Å². The van der Waals surface area contributed by atoms with Crippen LogP contribution in [0.25, 0.3) is 0 Å². The van der Waals surface area contributed by atoms with E-state index in [1.54, 1.807) is 19.2 Å². The van der Waals surface area contributed by atoms with Crippen molar-refractivity contribution in [1.29, 1.82) is 0 Å². The molecule has 2 rings (SSSR count). The number of carbonyl (C=O) groups is 2. The number of nitrogens with zero attached hydrogens (tertiary/aromatic N) is 1. The third-order valence-electron chi connectivity index (χ3n) is 4.72. The van der Waals surface area contributed by atoms with Gasteiger partial charge in [-0.1, -0.05) is 37.0 Å². The van der Waals surface area contributed by atoms with Crippen molar-refractivity contribution >= 4 is 35.0 Å². The molecule has 1 heterocycles. The minimum Gasteiger partial charge on any atom is -0.384 e. The summed E-state index contributed by atoms with van der Waals surface area (Å²) in [6, 6.07) is 4.10. The minimum absolute atomic E-state index is 0.0331. The minimum atomic E-state index is -0.590. The van der Waals surface area contributed by atoms with E-state index < -0.39 is 6.04 Å². The van der Waals surface area contributed by atoms with Crippen molar-refractivity contribution in [1.82, 2.24) is 10.2 Å². The Bertz CT molecular complexity index is 644. The zero-order valence-corrected chi connectivity index (χ0v) is 16.9. The fraction of sp³-hybridized carbons (Fsp3) is 0.579. The molecule has 0 saturated carbocycles. The van der Waals surface area contributed by atoms with Gasteiger partial charge in [0.1, 0.15) is 6.04 Å². The van der Waals surface area contributed by atoms with Crippen LogP contribution in [0.2, 0.25) is 10.0 Å². The van der Waals surface area contributed by atoms with Crippen molar-refractivity contribution in [2.24, 2.45) is 11.8 Å². The lowest BCUT2D eigenvalue weighted by molar-refractivity contribution is -0.136. The number of methoxy groups -OCH3 is 1. The molecule has 1 aromatic rings. The predicted molar refractivity (Wildman–Crippen MR) is 104 cm³/mol. The van der Waals surface area contributed by atoms with Crippen molar-refractivity contribution in [2.45, 2.75) is 32.7 Å². The first-order valence-corrected chi connectivity index (χ1v) is 9.62. The van der Waals surface area contributed by atoms with E-state index in [-0.39, 0.29) is 22.8 Å². The van der Waals surface area contributed by atoms with Gasteiger partial charge in [0, 0.05) is 31.8 Å². The summed E-state index contributed by atoms with van der Waals surface area (Å²) in [5.74, 6) is 0.0422. The highest BCUT2D eigenvalue weighted by atomic mass is 35.5. The normalized spacial score (nSPS) is 16.6. The summed E-state index contributed by atoms with van der Waals surface area (Å²) < 4.78 is 5.20. The molecule has 1 aliphatic heterocycles. The van der Waals surface area contributed by atoms with Gasteiger partial charge in [0.05, 0.1) is 10.6 Å². The van der Waals surface area contributed by atoms with E-state index in [0.29, 0.717) is 29.6 Å². The number of rotatable bonds is 6. The average molecular weight is 401 g/mol. The van der Waals surface area contributed by atoms with Crippen LogP contribution >= 0.6 is 23.2 Å². The van der Waals surface area contributed by atoms with Crippen LogP contribution < -0.4 is 5.32 Å². The summed E-state index contributed by atoms with van der Waals surface area (Å²) in [5, 5.41) is 3.57. The Morgan fingerprint density at radius 3 is 2.46 bits per heavy atom. The molecule has 1 N–H and O–H groups in total. The standard InChI is InChI=1S/C19H26Cl2N2O3/c1-12(2)17(19(25)23-8-6-13(7-9-23)11-26-3)22-18(24)15-5-4-14(20)10-16(15)21/h4-5,10,12-13,17H,6-9,11H2,1-3H3,(H,22,24). The Kier molecular flexibility index (Phi) is 7.74. The molecular formula is C19H26Cl2N2O3. The molecule has 0 bridgehead atoms. The summed E-state index contributed by atoms with van der Waals surface area (Å²) >= 11 is 12.0. The van der Waals surface area contributed by atoms with Crippen LogP contribution in [0, 0.1) is 11.8 Å². The quantitative estimate of drug-likeness (QED) is 0.792. The van der Waals surface area contributed by atoms with E-state index in [0.717, 1.165) is 19.4 Å². The van der Waals surface area contributed by atoms with E-state index in [2.05, 4.69) is 5.32 Å². The lowest BCUT2D eigenvalue weighted by atomic mass is 9.95. The molecule has 0 spiro atoms. The summed E-state index contributed by atoms with van der Waals surface area (Å²) in [5.41, 5.74) is 0.313. The number of ether oxygens (including phenoxy) is 1. The maximum atomic E-state index is 12.9. The van der Waals surface area contributed by atoms with E-state index >= 15 is 0 Å². The largest absolute Gasteiger partial charge is 0.384 e. The third kappa shape index (κ3) is 5.35. The molecule has 1 saturated heterocycles. The maximum absolute atomic E-state index is 12.9. The molecule has 1 aliphatic rings. The zero-order chi connectivity index (χ0) is 19.3. The van der Waals surface area contributed by atoms with Gasteiger partial charge in [-0.2, -0.15) is 0 Å². The highest BCUT2D eigenvalue weighted by Gasteiger charge is 2.31. The van der Waals surface area contributed by atoms with Crippen molar-refractivity contribution in [3.05, 3.63) is 33.8 Å². The number of halogens is 2. The fourth-order valence-electron chi connectivity index (χ4n) is 3.16. The van der Waals surface area contributed by atoms with E-state index in [4.69, 9.17) is 27.9 Å². The number of amides is 2. The molecule has 26 heavy (non-hydrogen) atoms. The molecule has 144 valence electrons. The van der Waals surface area contributed by atoms with Gasteiger partial charge in [-0.25, -0.2) is 0 Å². The lowest BCUT2D eigenvalue weighted by Crippen LogP contribution is -2.53. The van der Waals surface area contributed by atoms with Crippen molar-refractivity contribution in [3.63, 3.8) is 0 Å². The first kappa shape index (κ1) is 21.0. The zero-order valence-electron chi connectivity index (χ0n) is 15.4. The first-order valence-electron chi connectivity index (χ1n) is 8.87. The van der Waals surface area contributed by atoms with Crippen LogP contribution in [0.1, 0.15) is 37.0 Å². The molecule has 0 aromatic heterocycles. The van der Waals surface area contributed by atoms with Gasteiger partial charge in [-0.05, 0) is 42.9 Å². The van der Waals surface area contributed by atoms with Crippen LogP contribution in [0.5, 0.6) is 0 Å². The molecule has 0 radical (unpaired) electrons. The lowest BCUT2D eigenvalue weighted by Gasteiger charge is -2.35. The SMILES string of the molecule is COCC1CCN(C(=O)C(NC(=O)c2ccc(Cl)cc2Cl)C(C)C)CC1. The van der Waals surface area contributed by atoms with Gasteiger partial charge >= 0.3 is 0 Å². The molecule has 1 unspecified atom stereocenters. The molecule has 1 atom stereocenters. The summed E-state index contributed by atoms with van der Waals surface area (Å²) in [7, 11) is 1.70. The van der Waals surface area contributed by atoms with Crippen LogP contribution in [-0.4, -0.2) is 49.6 Å². The van der Waals surface area contributed by atoms with Crippen molar-refractivity contribution in [3.8, 4) is 0 Å². The van der Waals surface area contributed by atoms with Gasteiger partial charge in [0.15, 0.2) is 0 Å². The molecular weight excluding hydrogens is 375 g/mol. The number of hydrogen-bond acceptors (Lipinski definition) is 3. The highest BCUT2D eigenvalue weighted by molar-refractivity contribution is 6.36. The Morgan fingerprint density at radius 2 is 1.92 bits per heavy atom. The Hall–Kier alpha value is -1.30. The van der Waals surface area contributed by atoms with Crippen LogP contribution in [-0.2, 0) is 9.53 Å². The monoisotopic (exact) mass is 400 g/mol. The third-order valence-corrected chi connectivity index (χ3v) is 5.27. The first-order chi connectivity index (χ1) is 12.3. The predicted octanol–water partition coefficient (Wildman–Crippen LogP) is 3.63. The van der Waals surface area contributed by atoms with E-state index in [1.807, 2.05) is 18.7 Å². The molecule has 1 fully saturated rings. The van der Waals surface area contributed by atoms with Crippen LogP contribution in [0.3, 0.4) is 0 Å². The van der Waals surface area contributed by atoms with Crippen molar-refractivity contribution < 1.29 is 14.3 Å². The van der Waals surface area contributed by atoms with Crippen molar-refractivity contribution in [2.75, 3.05) is 26.8 Å². The number of piperidine rings is 1. The molecule has 7 heteroatoms. The van der Waals surface area contributed by atoms with Gasteiger partial charge < -0.3 is 15.0 Å². The summed E-state index contributed by atoms with van der Waals surface area (Å²) in [6.45, 7) is 5.94. The van der Waals surface area contributed by atoms with E-state index in [1.165, 1.54) is 6.07 Å². The molecule has 1 aromatic carbocycles. The Morgan fingerprint density at radius 1 is 1.27 bits per heavy atom. The molecule has 0 aliphatic carbocycles. The number of nitrogens with one attached hydrogen (secondary N) is 1. The second-order valence-corrected chi connectivity index (χ2v) is 7.89. The number of benzene rings is 1. The summed E-state index contributed by atoms with van der Waals surface area (Å²) in [6.07, 6.45) is 1.84. The Labute approximate surface area is 165 Å². The fourth-order valence-corrected chi connectivity index (χ4v) is 3.65. The number of likely N-dealkylation sites (tertiary alicyclic amines) is 1. The van der Waals surface area contributed by atoms with Crippen LogP contribution in [0.4, 0.5) is 0 Å².